The smallest absolute Gasteiger partial charge is 0.315 e. The molecule has 0 atom stereocenters. The lowest BCUT2D eigenvalue weighted by molar-refractivity contribution is 0.1000. The fourth-order valence-electron chi connectivity index (χ4n) is 1.72. The van der Waals surface area contributed by atoms with Crippen molar-refractivity contribution in [3.63, 3.8) is 0 Å². The first-order chi connectivity index (χ1) is 7.08. The maximum atomic E-state index is 11.0. The summed E-state index contributed by atoms with van der Waals surface area (Å²) in [7, 11) is 0. The molecule has 6 nitrogen and oxygen atoms in total. The number of amides is 3. The van der Waals surface area contributed by atoms with Crippen LogP contribution in [0.15, 0.2) is 12.3 Å². The lowest BCUT2D eigenvalue weighted by Gasteiger charge is -2.26. The summed E-state index contributed by atoms with van der Waals surface area (Å²) in [6.45, 7) is 1.64. The molecule has 0 aromatic carbocycles. The van der Waals surface area contributed by atoms with Gasteiger partial charge in [-0.1, -0.05) is 0 Å². The molecule has 0 saturated carbocycles. The first kappa shape index (κ1) is 9.57. The van der Waals surface area contributed by atoms with Crippen molar-refractivity contribution in [1.82, 2.24) is 9.47 Å². The van der Waals surface area contributed by atoms with Gasteiger partial charge in [0.05, 0.1) is 12.1 Å². The Morgan fingerprint density at radius 3 is 2.60 bits per heavy atom. The van der Waals surface area contributed by atoms with E-state index >= 15 is 0 Å². The zero-order valence-electron chi connectivity index (χ0n) is 8.14. The van der Waals surface area contributed by atoms with Crippen LogP contribution in [0.3, 0.4) is 0 Å². The number of primary amides is 2. The molecule has 1 aromatic heterocycles. The number of aromatic nitrogens is 1. The van der Waals surface area contributed by atoms with Crippen molar-refractivity contribution in [3.05, 3.63) is 23.5 Å². The quantitative estimate of drug-likeness (QED) is 0.649. The van der Waals surface area contributed by atoms with E-state index in [2.05, 4.69) is 0 Å². The molecular weight excluding hydrogens is 196 g/mol. The van der Waals surface area contributed by atoms with E-state index < -0.39 is 11.9 Å². The van der Waals surface area contributed by atoms with E-state index in [1.54, 1.807) is 12.3 Å². The van der Waals surface area contributed by atoms with Crippen LogP contribution in [-0.2, 0) is 13.1 Å². The van der Waals surface area contributed by atoms with Crippen LogP contribution in [0.5, 0.6) is 0 Å². The van der Waals surface area contributed by atoms with Crippen LogP contribution >= 0.6 is 0 Å². The number of urea groups is 1. The van der Waals surface area contributed by atoms with Crippen molar-refractivity contribution in [2.45, 2.75) is 13.1 Å². The van der Waals surface area contributed by atoms with Gasteiger partial charge in [-0.3, -0.25) is 4.79 Å². The zero-order valence-corrected chi connectivity index (χ0v) is 8.14. The number of hydrogen-bond donors (Lipinski definition) is 2. The van der Waals surface area contributed by atoms with Gasteiger partial charge in [-0.15, -0.1) is 0 Å². The summed E-state index contributed by atoms with van der Waals surface area (Å²) in [5.41, 5.74) is 11.7. The molecule has 1 aliphatic heterocycles. The van der Waals surface area contributed by atoms with Crippen LogP contribution in [-0.4, -0.2) is 28.0 Å². The minimum absolute atomic E-state index is 0.433. The molecule has 2 heterocycles. The molecule has 0 aliphatic carbocycles. The van der Waals surface area contributed by atoms with Gasteiger partial charge in [-0.25, -0.2) is 4.79 Å². The van der Waals surface area contributed by atoms with E-state index in [9.17, 15) is 9.59 Å². The highest BCUT2D eigenvalue weighted by Crippen LogP contribution is 2.15. The highest BCUT2D eigenvalue weighted by Gasteiger charge is 2.20. The molecule has 3 amide bonds. The number of nitrogens with two attached hydrogens (primary N) is 2. The summed E-state index contributed by atoms with van der Waals surface area (Å²) in [6.07, 6.45) is 1.70. The van der Waals surface area contributed by atoms with Gasteiger partial charge in [0.15, 0.2) is 0 Å². The molecule has 0 unspecified atom stereocenters. The molecule has 0 bridgehead atoms. The molecule has 4 N–H and O–H groups in total. The van der Waals surface area contributed by atoms with Gasteiger partial charge in [0.2, 0.25) is 5.91 Å². The molecule has 15 heavy (non-hydrogen) atoms. The number of carbonyl (C=O) groups excluding carboxylic acids is 2. The monoisotopic (exact) mass is 208 g/mol. The van der Waals surface area contributed by atoms with Crippen molar-refractivity contribution in [3.8, 4) is 0 Å². The molecule has 0 saturated heterocycles. The standard InChI is InChI=1S/C9H12N4O2/c10-8(14)6-3-7-5-13(9(11)15)2-1-12(7)4-6/h3-4H,1-2,5H2,(H2,10,14)(H2,11,15). The highest BCUT2D eigenvalue weighted by atomic mass is 16.2. The minimum Gasteiger partial charge on any atom is -0.366 e. The number of rotatable bonds is 1. The number of hydrogen-bond acceptors (Lipinski definition) is 2. The van der Waals surface area contributed by atoms with Crippen molar-refractivity contribution in [2.75, 3.05) is 6.54 Å². The van der Waals surface area contributed by atoms with E-state index in [-0.39, 0.29) is 0 Å². The molecule has 1 aromatic rings. The van der Waals surface area contributed by atoms with Crippen molar-refractivity contribution in [1.29, 1.82) is 0 Å². The van der Waals surface area contributed by atoms with Gasteiger partial charge in [-0.05, 0) is 6.07 Å². The number of nitrogens with zero attached hydrogens (tertiary/aromatic N) is 2. The van der Waals surface area contributed by atoms with Gasteiger partial charge in [0.25, 0.3) is 0 Å². The highest BCUT2D eigenvalue weighted by molar-refractivity contribution is 5.92. The summed E-state index contributed by atoms with van der Waals surface area (Å²) < 4.78 is 1.92. The van der Waals surface area contributed by atoms with E-state index in [1.165, 1.54) is 4.90 Å². The third kappa shape index (κ3) is 1.65. The van der Waals surface area contributed by atoms with E-state index in [0.717, 1.165) is 5.69 Å². The average molecular weight is 208 g/mol. The molecule has 80 valence electrons. The van der Waals surface area contributed by atoms with Crippen molar-refractivity contribution >= 4 is 11.9 Å². The maximum Gasteiger partial charge on any atom is 0.315 e. The summed E-state index contributed by atoms with van der Waals surface area (Å²) in [5.74, 6) is -0.456. The Balaban J connectivity index is 2.26. The lowest BCUT2D eigenvalue weighted by atomic mass is 10.3. The Morgan fingerprint density at radius 1 is 1.27 bits per heavy atom. The predicted molar refractivity (Wildman–Crippen MR) is 52.9 cm³/mol. The average Bonchev–Trinajstić information content (AvgIpc) is 2.59. The van der Waals surface area contributed by atoms with E-state index in [1.807, 2.05) is 4.57 Å². The molecule has 2 rings (SSSR count). The summed E-state index contributed by atoms with van der Waals surface area (Å²) in [6, 6.07) is 1.25. The summed E-state index contributed by atoms with van der Waals surface area (Å²) >= 11 is 0. The van der Waals surface area contributed by atoms with Crippen LogP contribution in [0.25, 0.3) is 0 Å². The Hall–Kier alpha value is -1.98. The molecule has 0 spiro atoms. The number of fused-ring (bicyclic) bond motifs is 1. The maximum absolute atomic E-state index is 11.0. The van der Waals surface area contributed by atoms with Gasteiger partial charge in [0.1, 0.15) is 0 Å². The SMILES string of the molecule is NC(=O)c1cc2n(c1)CCN(C(N)=O)C2. The second kappa shape index (κ2) is 3.30. The van der Waals surface area contributed by atoms with Gasteiger partial charge in [0, 0.05) is 25.0 Å². The second-order valence-corrected chi connectivity index (χ2v) is 3.54. The largest absolute Gasteiger partial charge is 0.366 e. The third-order valence-corrected chi connectivity index (χ3v) is 2.55. The zero-order chi connectivity index (χ0) is 11.0. The molecule has 0 radical (unpaired) electrons. The summed E-state index contributed by atoms with van der Waals surface area (Å²) in [4.78, 5) is 23.4. The first-order valence-electron chi connectivity index (χ1n) is 4.61. The molecule has 1 aliphatic rings. The van der Waals surface area contributed by atoms with Gasteiger partial charge >= 0.3 is 6.03 Å². The molecular formula is C9H12N4O2. The minimum atomic E-state index is -0.456. The van der Waals surface area contributed by atoms with Gasteiger partial charge in [-0.2, -0.15) is 0 Å². The predicted octanol–water partition coefficient (Wildman–Crippen LogP) is -0.519. The molecule has 6 heteroatoms. The lowest BCUT2D eigenvalue weighted by Crippen LogP contribution is -2.41. The van der Waals surface area contributed by atoms with Crippen LogP contribution in [0.2, 0.25) is 0 Å². The van der Waals surface area contributed by atoms with Crippen molar-refractivity contribution < 1.29 is 9.59 Å². The van der Waals surface area contributed by atoms with Crippen LogP contribution in [0.1, 0.15) is 16.1 Å². The van der Waals surface area contributed by atoms with Crippen LogP contribution in [0.4, 0.5) is 4.79 Å². The van der Waals surface area contributed by atoms with Crippen LogP contribution in [0, 0.1) is 0 Å². The normalized spacial score (nSPS) is 14.8. The molecule has 0 fully saturated rings. The Bertz CT molecular complexity index is 424. The van der Waals surface area contributed by atoms with Gasteiger partial charge < -0.3 is 20.9 Å². The Morgan fingerprint density at radius 2 is 2.00 bits per heavy atom. The van der Waals surface area contributed by atoms with E-state index in [0.29, 0.717) is 25.2 Å². The number of carbonyl (C=O) groups is 2. The van der Waals surface area contributed by atoms with Crippen LogP contribution < -0.4 is 11.5 Å². The van der Waals surface area contributed by atoms with Crippen molar-refractivity contribution in [2.24, 2.45) is 11.5 Å². The topological polar surface area (TPSA) is 94.3 Å². The fraction of sp³-hybridized carbons (Fsp3) is 0.333. The summed E-state index contributed by atoms with van der Waals surface area (Å²) in [5, 5.41) is 0. The second-order valence-electron chi connectivity index (χ2n) is 3.54. The Kier molecular flexibility index (Phi) is 2.11. The first-order valence-corrected chi connectivity index (χ1v) is 4.61. The Labute approximate surface area is 86.4 Å². The van der Waals surface area contributed by atoms with E-state index in [4.69, 9.17) is 11.5 Å². The fourth-order valence-corrected chi connectivity index (χ4v) is 1.72. The third-order valence-electron chi connectivity index (χ3n) is 2.55.